The molecule has 0 radical (unpaired) electrons. The van der Waals surface area contributed by atoms with Gasteiger partial charge in [0.05, 0.1) is 6.04 Å². The first-order valence-corrected chi connectivity index (χ1v) is 8.36. The van der Waals surface area contributed by atoms with Crippen LogP contribution >= 0.6 is 11.3 Å². The number of benzene rings is 1. The molecule has 104 valence electrons. The zero-order chi connectivity index (χ0) is 13.5. The van der Waals surface area contributed by atoms with Gasteiger partial charge in [-0.2, -0.15) is 0 Å². The quantitative estimate of drug-likeness (QED) is 0.670. The summed E-state index contributed by atoms with van der Waals surface area (Å²) in [5, 5.41) is 0. The van der Waals surface area contributed by atoms with E-state index < -0.39 is 0 Å². The van der Waals surface area contributed by atoms with E-state index in [1.54, 1.807) is 10.4 Å². The summed E-state index contributed by atoms with van der Waals surface area (Å²) in [6.45, 7) is 0. The Balaban J connectivity index is 1.70. The van der Waals surface area contributed by atoms with Gasteiger partial charge in [-0.3, -0.25) is 5.84 Å². The predicted octanol–water partition coefficient (Wildman–Crippen LogP) is 3.28. The van der Waals surface area contributed by atoms with E-state index in [1.165, 1.54) is 60.1 Å². The van der Waals surface area contributed by atoms with Crippen molar-refractivity contribution in [2.75, 3.05) is 0 Å². The molecule has 2 aliphatic carbocycles. The first-order chi connectivity index (χ1) is 9.85. The van der Waals surface area contributed by atoms with Crippen molar-refractivity contribution in [2.45, 2.75) is 44.6 Å². The smallest absolute Gasteiger partial charge is 0.0802 e. The van der Waals surface area contributed by atoms with E-state index in [0.29, 0.717) is 0 Å². The van der Waals surface area contributed by atoms with Gasteiger partial charge in [-0.15, -0.1) is 11.3 Å². The van der Waals surface area contributed by atoms with Gasteiger partial charge in [0.2, 0.25) is 0 Å². The average molecular weight is 284 g/mol. The molecule has 1 unspecified atom stereocenters. The highest BCUT2D eigenvalue weighted by atomic mass is 32.1. The van der Waals surface area contributed by atoms with E-state index >= 15 is 0 Å². The minimum Gasteiger partial charge on any atom is -0.271 e. The molecule has 0 fully saturated rings. The second-order valence-electron chi connectivity index (χ2n) is 5.93. The Morgan fingerprint density at radius 1 is 0.950 bits per heavy atom. The molecule has 2 aliphatic rings. The Bertz CT molecular complexity index is 623. The molecule has 0 saturated heterocycles. The maximum atomic E-state index is 5.86. The first-order valence-electron chi connectivity index (χ1n) is 7.54. The summed E-state index contributed by atoms with van der Waals surface area (Å²) in [5.74, 6) is 5.86. The van der Waals surface area contributed by atoms with Gasteiger partial charge in [0.15, 0.2) is 0 Å². The molecule has 20 heavy (non-hydrogen) atoms. The average Bonchev–Trinajstić information content (AvgIpc) is 3.13. The number of rotatable bonds is 3. The number of nitrogens with one attached hydrogen (secondary N) is 1. The fourth-order valence-electron chi connectivity index (χ4n) is 3.61. The summed E-state index contributed by atoms with van der Waals surface area (Å²) >= 11 is 1.94. The third-order valence-electron chi connectivity index (χ3n) is 4.67. The molecule has 4 rings (SSSR count). The molecule has 0 bridgehead atoms. The topological polar surface area (TPSA) is 38.0 Å². The van der Waals surface area contributed by atoms with Gasteiger partial charge < -0.3 is 0 Å². The molecule has 1 heterocycles. The summed E-state index contributed by atoms with van der Waals surface area (Å²) in [5.41, 5.74) is 8.93. The van der Waals surface area contributed by atoms with E-state index in [-0.39, 0.29) is 6.04 Å². The number of nitrogens with two attached hydrogens (primary N) is 1. The Morgan fingerprint density at radius 2 is 1.75 bits per heavy atom. The van der Waals surface area contributed by atoms with Crippen molar-refractivity contribution >= 4 is 11.3 Å². The Hall–Kier alpha value is -1.16. The van der Waals surface area contributed by atoms with Crippen molar-refractivity contribution in [2.24, 2.45) is 5.84 Å². The lowest BCUT2D eigenvalue weighted by Crippen LogP contribution is -2.28. The van der Waals surface area contributed by atoms with Crippen molar-refractivity contribution in [1.29, 1.82) is 0 Å². The highest BCUT2D eigenvalue weighted by molar-refractivity contribution is 7.12. The molecule has 1 aromatic carbocycles. The molecule has 0 aliphatic heterocycles. The van der Waals surface area contributed by atoms with Crippen molar-refractivity contribution in [3.63, 3.8) is 0 Å². The molecule has 1 aromatic heterocycles. The summed E-state index contributed by atoms with van der Waals surface area (Å²) in [6, 6.07) is 9.42. The molecule has 3 N–H and O–H groups in total. The van der Waals surface area contributed by atoms with Crippen LogP contribution in [0, 0.1) is 0 Å². The molecular weight excluding hydrogens is 264 g/mol. The lowest BCUT2D eigenvalue weighted by molar-refractivity contribution is 0.645. The fraction of sp³-hybridized carbons (Fsp3) is 0.412. The maximum absolute atomic E-state index is 5.86. The lowest BCUT2D eigenvalue weighted by atomic mass is 10.00. The maximum Gasteiger partial charge on any atom is 0.0802 e. The van der Waals surface area contributed by atoms with Crippen LogP contribution in [0.1, 0.15) is 50.9 Å². The normalized spacial score (nSPS) is 18.1. The van der Waals surface area contributed by atoms with Gasteiger partial charge in [0.1, 0.15) is 0 Å². The second-order valence-corrected chi connectivity index (χ2v) is 7.10. The van der Waals surface area contributed by atoms with Crippen LogP contribution in [0.5, 0.6) is 0 Å². The SMILES string of the molecule is NNC(c1ccc2c(c1)CCC2)c1cc2c(s1)CCC2. The fourth-order valence-corrected chi connectivity index (χ4v) is 4.95. The molecule has 0 spiro atoms. The second kappa shape index (κ2) is 4.99. The molecule has 0 saturated carbocycles. The highest BCUT2D eigenvalue weighted by Gasteiger charge is 2.22. The van der Waals surface area contributed by atoms with E-state index in [1.807, 2.05) is 11.3 Å². The summed E-state index contributed by atoms with van der Waals surface area (Å²) in [6.07, 6.45) is 7.58. The van der Waals surface area contributed by atoms with Crippen molar-refractivity contribution in [3.8, 4) is 0 Å². The van der Waals surface area contributed by atoms with Crippen molar-refractivity contribution in [1.82, 2.24) is 5.43 Å². The number of hydrazine groups is 1. The molecule has 2 nitrogen and oxygen atoms in total. The van der Waals surface area contributed by atoms with E-state index in [9.17, 15) is 0 Å². The van der Waals surface area contributed by atoms with Crippen LogP contribution in [0.15, 0.2) is 24.3 Å². The molecule has 2 aromatic rings. The van der Waals surface area contributed by atoms with Gasteiger partial charge >= 0.3 is 0 Å². The molecule has 3 heteroatoms. The Morgan fingerprint density at radius 3 is 2.60 bits per heavy atom. The van der Waals surface area contributed by atoms with Gasteiger partial charge in [0, 0.05) is 9.75 Å². The molecule has 0 amide bonds. The Kier molecular flexibility index (Phi) is 3.14. The number of fused-ring (bicyclic) bond motifs is 2. The first kappa shape index (κ1) is 12.6. The number of thiophene rings is 1. The lowest BCUT2D eigenvalue weighted by Gasteiger charge is -2.16. The van der Waals surface area contributed by atoms with Gasteiger partial charge in [-0.25, -0.2) is 5.43 Å². The standard InChI is InChI=1S/C17H20N2S/c18-19-17(16-10-13-5-2-6-15(13)20-16)14-8-7-11-3-1-4-12(11)9-14/h7-10,17,19H,1-6,18H2. The van der Waals surface area contributed by atoms with Gasteiger partial charge in [-0.05, 0) is 66.8 Å². The number of hydrogen-bond acceptors (Lipinski definition) is 3. The van der Waals surface area contributed by atoms with E-state index in [4.69, 9.17) is 5.84 Å². The van der Waals surface area contributed by atoms with Crippen LogP contribution < -0.4 is 11.3 Å². The van der Waals surface area contributed by atoms with Crippen LogP contribution in [0.2, 0.25) is 0 Å². The van der Waals surface area contributed by atoms with E-state index in [2.05, 4.69) is 29.7 Å². The third kappa shape index (κ3) is 2.01. The van der Waals surface area contributed by atoms with E-state index in [0.717, 1.165) is 0 Å². The Labute approximate surface area is 124 Å². The van der Waals surface area contributed by atoms with Gasteiger partial charge in [0.25, 0.3) is 0 Å². The van der Waals surface area contributed by atoms with Crippen LogP contribution in [0.3, 0.4) is 0 Å². The van der Waals surface area contributed by atoms with Crippen molar-refractivity contribution in [3.05, 3.63) is 56.3 Å². The minimum absolute atomic E-state index is 0.150. The molecule has 1 atom stereocenters. The summed E-state index contributed by atoms with van der Waals surface area (Å²) in [7, 11) is 0. The minimum atomic E-state index is 0.150. The van der Waals surface area contributed by atoms with Crippen LogP contribution in [0.4, 0.5) is 0 Å². The predicted molar refractivity (Wildman–Crippen MR) is 84.0 cm³/mol. The summed E-state index contributed by atoms with van der Waals surface area (Å²) < 4.78 is 0. The van der Waals surface area contributed by atoms with Crippen molar-refractivity contribution < 1.29 is 0 Å². The van der Waals surface area contributed by atoms with Gasteiger partial charge in [-0.1, -0.05) is 18.2 Å². The van der Waals surface area contributed by atoms with Crippen LogP contribution in [-0.2, 0) is 25.7 Å². The van der Waals surface area contributed by atoms with Crippen LogP contribution in [-0.4, -0.2) is 0 Å². The third-order valence-corrected chi connectivity index (χ3v) is 5.97. The monoisotopic (exact) mass is 284 g/mol. The zero-order valence-corrected chi connectivity index (χ0v) is 12.4. The zero-order valence-electron chi connectivity index (χ0n) is 11.6. The van der Waals surface area contributed by atoms with Crippen LogP contribution in [0.25, 0.3) is 0 Å². The number of aryl methyl sites for hydroxylation is 4. The number of hydrogen-bond donors (Lipinski definition) is 2. The molecular formula is C17H20N2S. The largest absolute Gasteiger partial charge is 0.271 e. The summed E-state index contributed by atoms with van der Waals surface area (Å²) in [4.78, 5) is 2.94. The highest BCUT2D eigenvalue weighted by Crippen LogP contribution is 2.36.